The van der Waals surface area contributed by atoms with Crippen LogP contribution in [0.5, 0.6) is 0 Å². The highest BCUT2D eigenvalue weighted by Gasteiger charge is 2.24. The van der Waals surface area contributed by atoms with Crippen molar-refractivity contribution in [1.29, 1.82) is 0 Å². The van der Waals surface area contributed by atoms with Gasteiger partial charge in [0.2, 0.25) is 5.91 Å². The maximum atomic E-state index is 12.6. The Balaban J connectivity index is 1.59. The van der Waals surface area contributed by atoms with Gasteiger partial charge in [-0.25, -0.2) is 9.97 Å². The average molecular weight is 377 g/mol. The zero-order valence-corrected chi connectivity index (χ0v) is 16.1. The standard InChI is InChI=1S/C21H23N5O2/c1-24(2)10-3-4-20(28)25-11-9-15-12-17(6-8-19(15)25)26-14-22-18-7-5-16(13-27)23-21(18)26/h5-8,12-14H,3-4,9-11H2,1-2H3. The number of amides is 1. The number of aldehydes is 1. The minimum Gasteiger partial charge on any atom is -0.312 e. The molecule has 3 heterocycles. The Labute approximate surface area is 163 Å². The minimum atomic E-state index is 0.179. The van der Waals surface area contributed by atoms with Crippen molar-refractivity contribution in [1.82, 2.24) is 19.4 Å². The molecule has 28 heavy (non-hydrogen) atoms. The van der Waals surface area contributed by atoms with Crippen molar-refractivity contribution in [2.24, 2.45) is 0 Å². The molecule has 0 spiro atoms. The van der Waals surface area contributed by atoms with Gasteiger partial charge >= 0.3 is 0 Å². The molecule has 0 unspecified atom stereocenters. The Morgan fingerprint density at radius 2 is 2.11 bits per heavy atom. The molecule has 0 fully saturated rings. The molecule has 0 N–H and O–H groups in total. The number of benzene rings is 1. The Hall–Kier alpha value is -3.06. The van der Waals surface area contributed by atoms with Crippen LogP contribution in [0.4, 0.5) is 5.69 Å². The average Bonchev–Trinajstić information content (AvgIpc) is 3.30. The molecular weight excluding hydrogens is 354 g/mol. The van der Waals surface area contributed by atoms with Crippen LogP contribution in [0.25, 0.3) is 16.9 Å². The van der Waals surface area contributed by atoms with Crippen molar-refractivity contribution in [3.63, 3.8) is 0 Å². The summed E-state index contributed by atoms with van der Waals surface area (Å²) in [6, 6.07) is 9.51. The smallest absolute Gasteiger partial charge is 0.227 e. The van der Waals surface area contributed by atoms with E-state index in [9.17, 15) is 9.59 Å². The van der Waals surface area contributed by atoms with Gasteiger partial charge in [-0.05, 0) is 69.4 Å². The first-order valence-electron chi connectivity index (χ1n) is 9.44. The van der Waals surface area contributed by atoms with Gasteiger partial charge in [-0.3, -0.25) is 14.2 Å². The van der Waals surface area contributed by atoms with Gasteiger partial charge in [0, 0.05) is 24.3 Å². The number of carbonyl (C=O) groups excluding carboxylic acids is 2. The number of aromatic nitrogens is 3. The number of hydrogen-bond donors (Lipinski definition) is 0. The number of carbonyl (C=O) groups is 2. The quantitative estimate of drug-likeness (QED) is 0.617. The van der Waals surface area contributed by atoms with Gasteiger partial charge in [-0.2, -0.15) is 0 Å². The molecule has 2 aromatic heterocycles. The number of hydrogen-bond acceptors (Lipinski definition) is 5. The molecular formula is C21H23N5O2. The molecule has 0 radical (unpaired) electrons. The van der Waals surface area contributed by atoms with E-state index in [0.29, 0.717) is 17.8 Å². The summed E-state index contributed by atoms with van der Waals surface area (Å²) >= 11 is 0. The zero-order valence-electron chi connectivity index (χ0n) is 16.1. The largest absolute Gasteiger partial charge is 0.312 e. The monoisotopic (exact) mass is 377 g/mol. The SMILES string of the molecule is CN(C)CCCC(=O)N1CCc2cc(-n3cnc4ccc(C=O)nc43)ccc21. The lowest BCUT2D eigenvalue weighted by atomic mass is 10.1. The third-order valence-corrected chi connectivity index (χ3v) is 5.07. The van der Waals surface area contributed by atoms with Crippen LogP contribution in [-0.4, -0.2) is 58.8 Å². The fraction of sp³-hybridized carbons (Fsp3) is 0.333. The summed E-state index contributed by atoms with van der Waals surface area (Å²) in [5.41, 5.74) is 4.84. The summed E-state index contributed by atoms with van der Waals surface area (Å²) in [5.74, 6) is 0.179. The van der Waals surface area contributed by atoms with Gasteiger partial charge in [0.05, 0.1) is 0 Å². The number of imidazole rings is 1. The van der Waals surface area contributed by atoms with Crippen LogP contribution in [0.3, 0.4) is 0 Å². The second-order valence-electron chi connectivity index (χ2n) is 7.33. The molecule has 4 rings (SSSR count). The van der Waals surface area contributed by atoms with Crippen LogP contribution >= 0.6 is 0 Å². The van der Waals surface area contributed by atoms with Gasteiger partial charge in [-0.15, -0.1) is 0 Å². The van der Waals surface area contributed by atoms with Crippen LogP contribution in [0.15, 0.2) is 36.7 Å². The molecule has 7 heteroatoms. The van der Waals surface area contributed by atoms with Gasteiger partial charge in [-0.1, -0.05) is 0 Å². The highest BCUT2D eigenvalue weighted by Crippen LogP contribution is 2.31. The lowest BCUT2D eigenvalue weighted by Gasteiger charge is -2.18. The van der Waals surface area contributed by atoms with Crippen LogP contribution in [-0.2, 0) is 11.2 Å². The second kappa shape index (κ2) is 7.52. The topological polar surface area (TPSA) is 71.3 Å². The third kappa shape index (κ3) is 3.41. The fourth-order valence-electron chi connectivity index (χ4n) is 3.64. The zero-order chi connectivity index (χ0) is 19.7. The van der Waals surface area contributed by atoms with E-state index in [4.69, 9.17) is 0 Å². The van der Waals surface area contributed by atoms with Crippen molar-refractivity contribution >= 4 is 29.0 Å². The lowest BCUT2D eigenvalue weighted by molar-refractivity contribution is -0.118. The maximum absolute atomic E-state index is 12.6. The van der Waals surface area contributed by atoms with Gasteiger partial charge in [0.25, 0.3) is 0 Å². The Kier molecular flexibility index (Phi) is 4.92. The molecule has 0 atom stereocenters. The summed E-state index contributed by atoms with van der Waals surface area (Å²) in [5, 5.41) is 0. The second-order valence-corrected chi connectivity index (χ2v) is 7.33. The normalized spacial score (nSPS) is 13.3. The Bertz CT molecular complexity index is 1040. The summed E-state index contributed by atoms with van der Waals surface area (Å²) in [4.78, 5) is 36.4. The third-order valence-electron chi connectivity index (χ3n) is 5.07. The van der Waals surface area contributed by atoms with E-state index < -0.39 is 0 Å². The molecule has 7 nitrogen and oxygen atoms in total. The van der Waals surface area contributed by atoms with Gasteiger partial charge in [0.1, 0.15) is 17.5 Å². The van der Waals surface area contributed by atoms with E-state index >= 15 is 0 Å². The molecule has 0 saturated heterocycles. The van der Waals surface area contributed by atoms with Crippen molar-refractivity contribution in [3.05, 3.63) is 47.9 Å². The highest BCUT2D eigenvalue weighted by atomic mass is 16.2. The van der Waals surface area contributed by atoms with Crippen LogP contribution in [0.1, 0.15) is 28.9 Å². The number of fused-ring (bicyclic) bond motifs is 2. The van der Waals surface area contributed by atoms with E-state index in [1.165, 1.54) is 0 Å². The first-order valence-corrected chi connectivity index (χ1v) is 9.44. The molecule has 144 valence electrons. The number of nitrogens with zero attached hydrogens (tertiary/aromatic N) is 5. The van der Waals surface area contributed by atoms with Crippen molar-refractivity contribution in [2.45, 2.75) is 19.3 Å². The van der Waals surface area contributed by atoms with E-state index in [1.807, 2.05) is 35.7 Å². The molecule has 1 aliphatic rings. The van der Waals surface area contributed by atoms with E-state index in [0.717, 1.165) is 54.7 Å². The molecule has 0 aliphatic carbocycles. The number of rotatable bonds is 6. The van der Waals surface area contributed by atoms with E-state index in [1.54, 1.807) is 18.5 Å². The Morgan fingerprint density at radius 1 is 1.25 bits per heavy atom. The lowest BCUT2D eigenvalue weighted by Crippen LogP contribution is -2.29. The van der Waals surface area contributed by atoms with Crippen molar-refractivity contribution < 1.29 is 9.59 Å². The Morgan fingerprint density at radius 3 is 2.89 bits per heavy atom. The first kappa shape index (κ1) is 18.3. The summed E-state index contributed by atoms with van der Waals surface area (Å²) in [7, 11) is 4.04. The predicted octanol–water partition coefficient (Wildman–Crippen LogP) is 2.46. The van der Waals surface area contributed by atoms with Crippen LogP contribution in [0.2, 0.25) is 0 Å². The number of pyridine rings is 1. The molecule has 1 aromatic carbocycles. The highest BCUT2D eigenvalue weighted by molar-refractivity contribution is 5.95. The van der Waals surface area contributed by atoms with Gasteiger partial charge < -0.3 is 9.80 Å². The number of anilines is 1. The van der Waals surface area contributed by atoms with Crippen molar-refractivity contribution in [2.75, 3.05) is 32.1 Å². The van der Waals surface area contributed by atoms with Crippen LogP contribution < -0.4 is 4.90 Å². The minimum absolute atomic E-state index is 0.179. The maximum Gasteiger partial charge on any atom is 0.227 e. The molecule has 3 aromatic rings. The molecule has 0 saturated carbocycles. The first-order chi connectivity index (χ1) is 13.6. The summed E-state index contributed by atoms with van der Waals surface area (Å²) < 4.78 is 1.88. The summed E-state index contributed by atoms with van der Waals surface area (Å²) in [6.45, 7) is 1.63. The summed E-state index contributed by atoms with van der Waals surface area (Å²) in [6.07, 6.45) is 4.71. The predicted molar refractivity (Wildman–Crippen MR) is 108 cm³/mol. The van der Waals surface area contributed by atoms with Gasteiger partial charge in [0.15, 0.2) is 11.9 Å². The van der Waals surface area contributed by atoms with Crippen molar-refractivity contribution in [3.8, 4) is 5.69 Å². The molecule has 0 bridgehead atoms. The molecule has 1 aliphatic heterocycles. The van der Waals surface area contributed by atoms with E-state index in [-0.39, 0.29) is 5.91 Å². The van der Waals surface area contributed by atoms with Crippen LogP contribution in [0, 0.1) is 0 Å². The van der Waals surface area contributed by atoms with E-state index in [2.05, 4.69) is 20.9 Å². The molecule has 1 amide bonds. The fourth-order valence-corrected chi connectivity index (χ4v) is 3.64.